The highest BCUT2D eigenvalue weighted by Crippen LogP contribution is 2.26. The molecule has 0 bridgehead atoms. The van der Waals surface area contributed by atoms with Gasteiger partial charge in [-0.2, -0.15) is 0 Å². The zero-order valence-electron chi connectivity index (χ0n) is 14.3. The zero-order chi connectivity index (χ0) is 18.6. The van der Waals surface area contributed by atoms with Crippen molar-refractivity contribution in [3.63, 3.8) is 0 Å². The van der Waals surface area contributed by atoms with E-state index in [1.54, 1.807) is 57.4 Å². The molecule has 25 heavy (non-hydrogen) atoms. The average molecular weight is 363 g/mol. The van der Waals surface area contributed by atoms with Gasteiger partial charge >= 0.3 is 0 Å². The molecule has 0 aliphatic carbocycles. The molecule has 0 aliphatic rings. The molecule has 0 fully saturated rings. The van der Waals surface area contributed by atoms with Crippen LogP contribution in [0.2, 0.25) is 5.02 Å². The Morgan fingerprint density at radius 2 is 1.96 bits per heavy atom. The predicted molar refractivity (Wildman–Crippen MR) is 97.1 cm³/mol. The first-order valence-electron chi connectivity index (χ1n) is 7.86. The van der Waals surface area contributed by atoms with E-state index in [1.165, 1.54) is 11.0 Å². The van der Waals surface area contributed by atoms with Crippen molar-refractivity contribution in [2.45, 2.75) is 19.4 Å². The number of carbonyl (C=O) groups is 2. The lowest BCUT2D eigenvalue weighted by molar-refractivity contribution is -0.121. The molecule has 0 spiro atoms. The number of amides is 2. The molecule has 0 aromatic heterocycles. The molecule has 1 N–H and O–H groups in total. The number of nitrogens with one attached hydrogen (secondary N) is 1. The Hall–Kier alpha value is -2.40. The molecule has 2 rings (SSSR count). The molecule has 0 saturated heterocycles. The van der Waals surface area contributed by atoms with E-state index in [0.29, 0.717) is 21.7 Å². The van der Waals surface area contributed by atoms with Crippen LogP contribution in [-0.2, 0) is 4.79 Å². The molecule has 4 nitrogen and oxygen atoms in total. The molecular formula is C19H20ClFN2O2. The first-order valence-corrected chi connectivity index (χ1v) is 8.24. The fraction of sp³-hybridized carbons (Fsp3) is 0.263. The molecule has 2 aromatic rings. The summed E-state index contributed by atoms with van der Waals surface area (Å²) in [6, 6.07) is 10.9. The van der Waals surface area contributed by atoms with Crippen molar-refractivity contribution in [1.82, 2.24) is 10.2 Å². The number of carbonyl (C=O) groups excluding carboxylic acids is 2. The van der Waals surface area contributed by atoms with Gasteiger partial charge in [-0.1, -0.05) is 23.7 Å². The van der Waals surface area contributed by atoms with Gasteiger partial charge in [0.05, 0.1) is 0 Å². The number of hydrogen-bond donors (Lipinski definition) is 1. The fourth-order valence-electron chi connectivity index (χ4n) is 2.45. The lowest BCUT2D eigenvalue weighted by Gasteiger charge is -2.24. The summed E-state index contributed by atoms with van der Waals surface area (Å²) in [6.45, 7) is 1.80. The van der Waals surface area contributed by atoms with Crippen LogP contribution in [-0.4, -0.2) is 36.9 Å². The number of halogens is 2. The van der Waals surface area contributed by atoms with E-state index in [4.69, 9.17) is 11.6 Å². The Kier molecular flexibility index (Phi) is 6.15. The third kappa shape index (κ3) is 4.57. The smallest absolute Gasteiger partial charge is 0.253 e. The maximum atomic E-state index is 14.1. The summed E-state index contributed by atoms with van der Waals surface area (Å²) < 4.78 is 14.1. The van der Waals surface area contributed by atoms with Crippen LogP contribution in [0.5, 0.6) is 0 Å². The van der Waals surface area contributed by atoms with Crippen LogP contribution in [0.1, 0.15) is 23.7 Å². The Morgan fingerprint density at radius 3 is 2.60 bits per heavy atom. The van der Waals surface area contributed by atoms with Gasteiger partial charge in [0.1, 0.15) is 5.82 Å². The van der Waals surface area contributed by atoms with Gasteiger partial charge < -0.3 is 10.2 Å². The SMILES string of the molecule is CNC(=O)C[C@@H](C)N(C)C(=O)c1cccc(-c2ccc(Cl)cc2F)c1. The van der Waals surface area contributed by atoms with Gasteiger partial charge in [0.15, 0.2) is 0 Å². The minimum absolute atomic E-state index is 0.135. The fourth-order valence-corrected chi connectivity index (χ4v) is 2.61. The monoisotopic (exact) mass is 362 g/mol. The van der Waals surface area contributed by atoms with E-state index < -0.39 is 5.82 Å². The maximum Gasteiger partial charge on any atom is 0.253 e. The Labute approximate surface area is 151 Å². The van der Waals surface area contributed by atoms with E-state index in [1.807, 2.05) is 0 Å². The van der Waals surface area contributed by atoms with E-state index in [-0.39, 0.29) is 24.3 Å². The second-order valence-corrected chi connectivity index (χ2v) is 6.28. The van der Waals surface area contributed by atoms with Crippen LogP contribution in [0.25, 0.3) is 11.1 Å². The topological polar surface area (TPSA) is 49.4 Å². The second kappa shape index (κ2) is 8.12. The Morgan fingerprint density at radius 1 is 1.24 bits per heavy atom. The van der Waals surface area contributed by atoms with Gasteiger partial charge in [0, 0.05) is 42.7 Å². The number of hydrogen-bond acceptors (Lipinski definition) is 2. The van der Waals surface area contributed by atoms with Crippen molar-refractivity contribution < 1.29 is 14.0 Å². The highest BCUT2D eigenvalue weighted by Gasteiger charge is 2.20. The van der Waals surface area contributed by atoms with E-state index in [9.17, 15) is 14.0 Å². The molecule has 132 valence electrons. The molecule has 0 aliphatic heterocycles. The summed E-state index contributed by atoms with van der Waals surface area (Å²) in [7, 11) is 3.20. The molecule has 0 saturated carbocycles. The molecule has 2 amide bonds. The molecule has 0 radical (unpaired) electrons. The summed E-state index contributed by atoms with van der Waals surface area (Å²) in [5.41, 5.74) is 1.39. The first-order chi connectivity index (χ1) is 11.8. The van der Waals surface area contributed by atoms with Crippen molar-refractivity contribution in [2.75, 3.05) is 14.1 Å². The third-order valence-corrected chi connectivity index (χ3v) is 4.33. The van der Waals surface area contributed by atoms with Gasteiger partial charge in [-0.15, -0.1) is 0 Å². The summed E-state index contributed by atoms with van der Waals surface area (Å²) in [6.07, 6.45) is 0.213. The van der Waals surface area contributed by atoms with Crippen molar-refractivity contribution in [1.29, 1.82) is 0 Å². The molecule has 0 heterocycles. The average Bonchev–Trinajstić information content (AvgIpc) is 2.60. The molecule has 1 atom stereocenters. The minimum Gasteiger partial charge on any atom is -0.359 e. The maximum absolute atomic E-state index is 14.1. The number of benzene rings is 2. The van der Waals surface area contributed by atoms with Gasteiger partial charge in [0.25, 0.3) is 5.91 Å². The lowest BCUT2D eigenvalue weighted by atomic mass is 10.0. The van der Waals surface area contributed by atoms with Crippen LogP contribution in [0, 0.1) is 5.82 Å². The van der Waals surface area contributed by atoms with Gasteiger partial charge in [-0.25, -0.2) is 4.39 Å². The zero-order valence-corrected chi connectivity index (χ0v) is 15.1. The highest BCUT2D eigenvalue weighted by atomic mass is 35.5. The standard InChI is InChI=1S/C19H20ClFN2O2/c1-12(9-18(24)22-2)23(3)19(25)14-6-4-5-13(10-14)16-8-7-15(20)11-17(16)21/h4-8,10-12H,9H2,1-3H3,(H,22,24)/t12-/m1/s1. The Balaban J connectivity index is 2.25. The summed E-state index contributed by atoms with van der Waals surface area (Å²) >= 11 is 5.78. The summed E-state index contributed by atoms with van der Waals surface area (Å²) in [5.74, 6) is -0.810. The number of nitrogens with zero attached hydrogens (tertiary/aromatic N) is 1. The van der Waals surface area contributed by atoms with Crippen molar-refractivity contribution in [3.05, 3.63) is 58.9 Å². The van der Waals surface area contributed by atoms with Crippen molar-refractivity contribution in [2.24, 2.45) is 0 Å². The summed E-state index contributed by atoms with van der Waals surface area (Å²) in [4.78, 5) is 25.7. The van der Waals surface area contributed by atoms with E-state index in [0.717, 1.165) is 0 Å². The van der Waals surface area contributed by atoms with Crippen molar-refractivity contribution in [3.8, 4) is 11.1 Å². The van der Waals surface area contributed by atoms with E-state index >= 15 is 0 Å². The minimum atomic E-state index is -0.446. The first kappa shape index (κ1) is 18.9. The highest BCUT2D eigenvalue weighted by molar-refractivity contribution is 6.30. The second-order valence-electron chi connectivity index (χ2n) is 5.85. The van der Waals surface area contributed by atoms with Crippen molar-refractivity contribution >= 4 is 23.4 Å². The molecule has 2 aromatic carbocycles. The van der Waals surface area contributed by atoms with Gasteiger partial charge in [0.2, 0.25) is 5.91 Å². The Bertz CT molecular complexity index is 795. The van der Waals surface area contributed by atoms with Crippen LogP contribution >= 0.6 is 11.6 Å². The molecule has 0 unspecified atom stereocenters. The summed E-state index contributed by atoms with van der Waals surface area (Å²) in [5, 5.41) is 2.86. The molecule has 6 heteroatoms. The van der Waals surface area contributed by atoms with Crippen LogP contribution in [0.3, 0.4) is 0 Å². The third-order valence-electron chi connectivity index (χ3n) is 4.09. The largest absolute Gasteiger partial charge is 0.359 e. The normalized spacial score (nSPS) is 11.7. The molecular weight excluding hydrogens is 343 g/mol. The van der Waals surface area contributed by atoms with E-state index in [2.05, 4.69) is 5.32 Å². The number of rotatable bonds is 5. The quantitative estimate of drug-likeness (QED) is 0.880. The van der Waals surface area contributed by atoms with Gasteiger partial charge in [-0.3, -0.25) is 9.59 Å². The van der Waals surface area contributed by atoms with Crippen LogP contribution < -0.4 is 5.32 Å². The van der Waals surface area contributed by atoms with Crippen LogP contribution in [0.15, 0.2) is 42.5 Å². The predicted octanol–water partition coefficient (Wildman–Crippen LogP) is 3.74. The lowest BCUT2D eigenvalue weighted by Crippen LogP contribution is -2.38. The van der Waals surface area contributed by atoms with Gasteiger partial charge in [-0.05, 0) is 42.8 Å². The van der Waals surface area contributed by atoms with Crippen LogP contribution in [0.4, 0.5) is 4.39 Å².